The first-order valence-corrected chi connectivity index (χ1v) is 9.06. The molecule has 3 atom stereocenters. The molecule has 0 aliphatic carbocycles. The van der Waals surface area contributed by atoms with Crippen molar-refractivity contribution in [3.63, 3.8) is 0 Å². The van der Waals surface area contributed by atoms with Crippen LogP contribution in [0.1, 0.15) is 39.2 Å². The van der Waals surface area contributed by atoms with E-state index < -0.39 is 5.54 Å². The van der Waals surface area contributed by atoms with Crippen LogP contribution in [-0.2, 0) is 15.1 Å². The van der Waals surface area contributed by atoms with Crippen LogP contribution in [0.4, 0.5) is 0 Å². The number of halogens is 1. The molecule has 1 amide bonds. The molecule has 3 N–H and O–H groups in total. The van der Waals surface area contributed by atoms with Gasteiger partial charge in [-0.3, -0.25) is 4.79 Å². The number of nitrogens with two attached hydrogens (primary N) is 1. The first-order chi connectivity index (χ1) is 10.8. The van der Waals surface area contributed by atoms with Crippen LogP contribution >= 0.6 is 15.9 Å². The van der Waals surface area contributed by atoms with Crippen molar-refractivity contribution in [2.24, 2.45) is 17.6 Å². The van der Waals surface area contributed by atoms with Crippen LogP contribution in [0.5, 0.6) is 0 Å². The Kier molecular flexibility index (Phi) is 6.23. The molecule has 1 aromatic rings. The molecule has 1 heterocycles. The summed E-state index contributed by atoms with van der Waals surface area (Å²) in [5.74, 6) is 0.661. The van der Waals surface area contributed by atoms with Gasteiger partial charge in [-0.05, 0) is 43.4 Å². The van der Waals surface area contributed by atoms with E-state index in [4.69, 9.17) is 10.5 Å². The van der Waals surface area contributed by atoms with Crippen LogP contribution in [0.2, 0.25) is 0 Å². The van der Waals surface area contributed by atoms with Crippen LogP contribution in [0.15, 0.2) is 28.7 Å². The minimum absolute atomic E-state index is 0.145. The average Bonchev–Trinajstić information content (AvgIpc) is 2.53. The number of amides is 1. The topological polar surface area (TPSA) is 64.3 Å². The van der Waals surface area contributed by atoms with Crippen molar-refractivity contribution < 1.29 is 9.53 Å². The monoisotopic (exact) mass is 382 g/mol. The molecule has 1 fully saturated rings. The lowest BCUT2D eigenvalue weighted by molar-refractivity contribution is -0.127. The smallest absolute Gasteiger partial charge is 0.244 e. The molecule has 2 rings (SSSR count). The van der Waals surface area contributed by atoms with Gasteiger partial charge in [0, 0.05) is 23.5 Å². The fraction of sp³-hybridized carbons (Fsp3) is 0.611. The quantitative estimate of drug-likeness (QED) is 0.821. The summed E-state index contributed by atoms with van der Waals surface area (Å²) in [7, 11) is 0. The van der Waals surface area contributed by atoms with E-state index in [0.29, 0.717) is 18.4 Å². The van der Waals surface area contributed by atoms with E-state index in [1.54, 1.807) is 6.92 Å². The molecule has 3 unspecified atom stereocenters. The zero-order valence-electron chi connectivity index (χ0n) is 14.1. The number of nitrogens with one attached hydrogen (secondary N) is 1. The van der Waals surface area contributed by atoms with Gasteiger partial charge < -0.3 is 15.8 Å². The van der Waals surface area contributed by atoms with Gasteiger partial charge in [0.2, 0.25) is 5.91 Å². The van der Waals surface area contributed by atoms with Crippen molar-refractivity contribution in [1.29, 1.82) is 0 Å². The first kappa shape index (κ1) is 18.4. The third-order valence-corrected chi connectivity index (χ3v) is 5.12. The van der Waals surface area contributed by atoms with Crippen LogP contribution in [0, 0.1) is 11.8 Å². The summed E-state index contributed by atoms with van der Waals surface area (Å²) in [6.07, 6.45) is 2.35. The molecular formula is C18H27BrN2O2. The second-order valence-corrected chi connectivity index (χ2v) is 7.82. The molecule has 4 nitrogen and oxygen atoms in total. The Morgan fingerprint density at radius 2 is 2.09 bits per heavy atom. The highest BCUT2D eigenvalue weighted by Crippen LogP contribution is 2.26. The molecule has 1 aliphatic heterocycles. The second kappa shape index (κ2) is 7.77. The summed E-state index contributed by atoms with van der Waals surface area (Å²) < 4.78 is 6.85. The van der Waals surface area contributed by atoms with E-state index in [1.807, 2.05) is 24.3 Å². The Balaban J connectivity index is 1.98. The van der Waals surface area contributed by atoms with E-state index in [1.165, 1.54) is 0 Å². The number of hydrogen-bond acceptors (Lipinski definition) is 3. The summed E-state index contributed by atoms with van der Waals surface area (Å²) in [6, 6.07) is 7.56. The zero-order chi connectivity index (χ0) is 17.0. The van der Waals surface area contributed by atoms with Gasteiger partial charge in [0.25, 0.3) is 0 Å². The number of hydrogen-bond donors (Lipinski definition) is 2. The van der Waals surface area contributed by atoms with Crippen LogP contribution < -0.4 is 11.1 Å². The molecule has 1 aliphatic rings. The normalized spacial score (nSPS) is 24.3. The molecule has 23 heavy (non-hydrogen) atoms. The predicted octanol–water partition coefficient (Wildman–Crippen LogP) is 3.19. The van der Waals surface area contributed by atoms with Crippen molar-refractivity contribution in [1.82, 2.24) is 5.32 Å². The van der Waals surface area contributed by atoms with Gasteiger partial charge >= 0.3 is 0 Å². The average molecular weight is 383 g/mol. The highest BCUT2D eigenvalue weighted by Gasteiger charge is 2.33. The lowest BCUT2D eigenvalue weighted by Gasteiger charge is -2.35. The maximum Gasteiger partial charge on any atom is 0.244 e. The maximum absolute atomic E-state index is 12.6. The van der Waals surface area contributed by atoms with Gasteiger partial charge in [0.05, 0.1) is 6.10 Å². The highest BCUT2D eigenvalue weighted by molar-refractivity contribution is 9.10. The van der Waals surface area contributed by atoms with E-state index in [9.17, 15) is 4.79 Å². The standard InChI is InChI=1S/C18H27BrN2O2/c1-12(2)16-13(5-4-10-23-16)11-21-17(22)18(3,20)14-6-8-15(19)9-7-14/h6-9,12-13,16H,4-5,10-11,20H2,1-3H3,(H,21,22). The van der Waals surface area contributed by atoms with Gasteiger partial charge in [0.15, 0.2) is 0 Å². The number of benzene rings is 1. The SMILES string of the molecule is CC(C)C1OCCCC1CNC(=O)C(C)(N)c1ccc(Br)cc1. The molecule has 128 valence electrons. The van der Waals surface area contributed by atoms with E-state index in [-0.39, 0.29) is 12.0 Å². The highest BCUT2D eigenvalue weighted by atomic mass is 79.9. The van der Waals surface area contributed by atoms with Crippen molar-refractivity contribution in [3.05, 3.63) is 34.3 Å². The number of rotatable bonds is 5. The fourth-order valence-electron chi connectivity index (χ4n) is 3.15. The Morgan fingerprint density at radius 3 is 2.70 bits per heavy atom. The Morgan fingerprint density at radius 1 is 1.43 bits per heavy atom. The Hall–Kier alpha value is -0.910. The van der Waals surface area contributed by atoms with E-state index >= 15 is 0 Å². The third kappa shape index (κ3) is 4.55. The minimum atomic E-state index is -1.04. The van der Waals surface area contributed by atoms with Gasteiger partial charge in [-0.15, -0.1) is 0 Å². The first-order valence-electron chi connectivity index (χ1n) is 8.27. The van der Waals surface area contributed by atoms with Gasteiger partial charge in [0.1, 0.15) is 5.54 Å². The van der Waals surface area contributed by atoms with E-state index in [2.05, 4.69) is 35.1 Å². The van der Waals surface area contributed by atoms with E-state index in [0.717, 1.165) is 29.5 Å². The number of carbonyl (C=O) groups excluding carboxylic acids is 1. The third-order valence-electron chi connectivity index (χ3n) is 4.59. The summed E-state index contributed by atoms with van der Waals surface area (Å²) >= 11 is 3.40. The number of ether oxygens (including phenoxy) is 1. The van der Waals surface area contributed by atoms with Crippen LogP contribution in [0.25, 0.3) is 0 Å². The van der Waals surface area contributed by atoms with Crippen molar-refractivity contribution in [3.8, 4) is 0 Å². The van der Waals surface area contributed by atoms with Gasteiger partial charge in [-0.25, -0.2) is 0 Å². The maximum atomic E-state index is 12.6. The van der Waals surface area contributed by atoms with Crippen molar-refractivity contribution >= 4 is 21.8 Å². The van der Waals surface area contributed by atoms with Crippen LogP contribution in [-0.4, -0.2) is 25.2 Å². The molecule has 0 spiro atoms. The minimum Gasteiger partial charge on any atom is -0.378 e. The molecule has 1 aromatic carbocycles. The molecule has 1 saturated heterocycles. The molecule has 0 radical (unpaired) electrons. The lowest BCUT2D eigenvalue weighted by Crippen LogP contribution is -2.51. The summed E-state index contributed by atoms with van der Waals surface area (Å²) in [6.45, 7) is 7.52. The lowest BCUT2D eigenvalue weighted by atomic mass is 9.86. The van der Waals surface area contributed by atoms with Crippen molar-refractivity contribution in [2.75, 3.05) is 13.2 Å². The Labute approximate surface area is 147 Å². The predicted molar refractivity (Wildman–Crippen MR) is 96.0 cm³/mol. The molecular weight excluding hydrogens is 356 g/mol. The second-order valence-electron chi connectivity index (χ2n) is 6.90. The molecule has 0 bridgehead atoms. The number of carbonyl (C=O) groups is 1. The molecule has 5 heteroatoms. The molecule has 0 aromatic heterocycles. The van der Waals surface area contributed by atoms with Gasteiger partial charge in [-0.1, -0.05) is 41.9 Å². The summed E-state index contributed by atoms with van der Waals surface area (Å²) in [5, 5.41) is 3.03. The Bertz CT molecular complexity index is 528. The van der Waals surface area contributed by atoms with Crippen molar-refractivity contribution in [2.45, 2.75) is 45.3 Å². The summed E-state index contributed by atoms with van der Waals surface area (Å²) in [4.78, 5) is 12.6. The fourth-order valence-corrected chi connectivity index (χ4v) is 3.42. The molecule has 0 saturated carbocycles. The van der Waals surface area contributed by atoms with Crippen LogP contribution in [0.3, 0.4) is 0 Å². The largest absolute Gasteiger partial charge is 0.378 e. The zero-order valence-corrected chi connectivity index (χ0v) is 15.7. The summed E-state index contributed by atoms with van der Waals surface area (Å²) in [5.41, 5.74) is 6.05. The van der Waals surface area contributed by atoms with Gasteiger partial charge in [-0.2, -0.15) is 0 Å².